The van der Waals surface area contributed by atoms with Crippen LogP contribution in [0.4, 0.5) is 24.7 Å². The molecule has 4 heterocycles. The Morgan fingerprint density at radius 2 is 2.00 bits per heavy atom. The van der Waals surface area contributed by atoms with E-state index in [0.717, 1.165) is 68.3 Å². The first-order valence-corrected chi connectivity index (χ1v) is 12.6. The maximum absolute atomic E-state index is 12.9. The van der Waals surface area contributed by atoms with E-state index in [4.69, 9.17) is 11.6 Å². The number of nitrogens with zero attached hydrogens (tertiary/aromatic N) is 4. The summed E-state index contributed by atoms with van der Waals surface area (Å²) in [6.45, 7) is 5.69. The van der Waals surface area contributed by atoms with Crippen LogP contribution in [0.15, 0.2) is 30.6 Å². The number of carbonyl (C=O) groups is 1. The molecule has 6 nitrogen and oxygen atoms in total. The number of carbonyl (C=O) groups excluding carboxylic acids is 1. The van der Waals surface area contributed by atoms with Crippen LogP contribution in [0.2, 0.25) is 5.02 Å². The second-order valence-corrected chi connectivity index (χ2v) is 11.1. The monoisotopic (exact) mass is 523 g/mol. The predicted octanol–water partition coefficient (Wildman–Crippen LogP) is 5.51. The van der Waals surface area contributed by atoms with Gasteiger partial charge in [-0.15, -0.1) is 11.3 Å². The van der Waals surface area contributed by atoms with Crippen molar-refractivity contribution in [3.63, 3.8) is 0 Å². The molecule has 1 aromatic carbocycles. The zero-order valence-electron chi connectivity index (χ0n) is 19.2. The lowest BCUT2D eigenvalue weighted by atomic mass is 9.86. The first-order valence-electron chi connectivity index (χ1n) is 11.4. The molecule has 35 heavy (non-hydrogen) atoms. The molecule has 11 heteroatoms. The van der Waals surface area contributed by atoms with Crippen LogP contribution in [0.25, 0.3) is 10.2 Å². The molecule has 2 aliphatic rings. The summed E-state index contributed by atoms with van der Waals surface area (Å²) in [4.78, 5) is 25.4. The van der Waals surface area contributed by atoms with Gasteiger partial charge in [0.15, 0.2) is 0 Å². The summed E-state index contributed by atoms with van der Waals surface area (Å²) < 4.78 is 38.7. The molecule has 1 unspecified atom stereocenters. The molecule has 2 saturated heterocycles. The fourth-order valence-corrected chi connectivity index (χ4v) is 6.50. The van der Waals surface area contributed by atoms with Gasteiger partial charge in [-0.05, 0) is 43.1 Å². The largest absolute Gasteiger partial charge is 0.393 e. The summed E-state index contributed by atoms with van der Waals surface area (Å²) in [5.41, 5.74) is 1.81. The maximum atomic E-state index is 12.9. The number of aromatic nitrogens is 2. The Labute approximate surface area is 210 Å². The number of rotatable bonds is 5. The van der Waals surface area contributed by atoms with Gasteiger partial charge in [0.25, 0.3) is 0 Å². The van der Waals surface area contributed by atoms with Gasteiger partial charge in [0.1, 0.15) is 17.0 Å². The van der Waals surface area contributed by atoms with E-state index in [1.165, 1.54) is 13.3 Å². The van der Waals surface area contributed by atoms with Crippen LogP contribution < -0.4 is 10.2 Å². The van der Waals surface area contributed by atoms with Crippen LogP contribution in [0.3, 0.4) is 0 Å². The summed E-state index contributed by atoms with van der Waals surface area (Å²) in [5.74, 6) is 0.590. The van der Waals surface area contributed by atoms with Gasteiger partial charge in [0.05, 0.1) is 11.8 Å². The number of alkyl halides is 3. The van der Waals surface area contributed by atoms with Gasteiger partial charge in [-0.2, -0.15) is 13.2 Å². The lowest BCUT2D eigenvalue weighted by Gasteiger charge is -2.25. The molecule has 0 aliphatic carbocycles. The molecule has 0 saturated carbocycles. The molecule has 2 aromatic heterocycles. The van der Waals surface area contributed by atoms with Crippen molar-refractivity contribution in [3.8, 4) is 0 Å². The lowest BCUT2D eigenvalue weighted by Crippen LogP contribution is -2.31. The highest BCUT2D eigenvalue weighted by Gasteiger charge is 2.44. The van der Waals surface area contributed by atoms with Gasteiger partial charge in [0, 0.05) is 54.1 Å². The molecule has 1 amide bonds. The van der Waals surface area contributed by atoms with E-state index in [2.05, 4.69) is 25.1 Å². The second kappa shape index (κ2) is 9.22. The van der Waals surface area contributed by atoms with Crippen LogP contribution >= 0.6 is 22.9 Å². The molecule has 186 valence electrons. The van der Waals surface area contributed by atoms with E-state index in [0.29, 0.717) is 20.9 Å². The number of halogens is 4. The van der Waals surface area contributed by atoms with Crippen LogP contribution in [0.1, 0.15) is 30.2 Å². The summed E-state index contributed by atoms with van der Waals surface area (Å²) in [6.07, 6.45) is -1.69. The Kier molecular flexibility index (Phi) is 6.39. The third-order valence-corrected chi connectivity index (χ3v) is 8.15. The highest BCUT2D eigenvalue weighted by atomic mass is 35.5. The molecular formula is C24H25ClF3N5OS. The van der Waals surface area contributed by atoms with Crippen molar-refractivity contribution in [2.45, 2.75) is 38.9 Å². The summed E-state index contributed by atoms with van der Waals surface area (Å²) >= 11 is 7.56. The van der Waals surface area contributed by atoms with Crippen LogP contribution in [0, 0.1) is 5.41 Å². The van der Waals surface area contributed by atoms with Crippen LogP contribution in [0.5, 0.6) is 0 Å². The van der Waals surface area contributed by atoms with Gasteiger partial charge in [-0.1, -0.05) is 17.7 Å². The highest BCUT2D eigenvalue weighted by molar-refractivity contribution is 7.18. The van der Waals surface area contributed by atoms with Gasteiger partial charge in [-0.3, -0.25) is 9.69 Å². The standard InChI is InChI=1S/C24H25ClF3N5OS/c1-15(34)31-17-3-2-16(20(25)8-17)11-32-6-4-23(12-32)5-7-33(13-23)21-19-9-18(10-24(26,27)28)35-22(19)30-14-29-21/h2-3,8-9,14H,4-7,10-13H2,1H3,(H,31,34). The van der Waals surface area contributed by atoms with E-state index in [-0.39, 0.29) is 16.2 Å². The van der Waals surface area contributed by atoms with Crippen molar-refractivity contribution in [2.75, 3.05) is 36.4 Å². The Balaban J connectivity index is 1.27. The van der Waals surface area contributed by atoms with E-state index >= 15 is 0 Å². The van der Waals surface area contributed by atoms with Gasteiger partial charge in [-0.25, -0.2) is 9.97 Å². The van der Waals surface area contributed by atoms with Crippen molar-refractivity contribution >= 4 is 50.6 Å². The number of hydrogen-bond acceptors (Lipinski definition) is 6. The molecule has 2 aliphatic heterocycles. The van der Waals surface area contributed by atoms with Crippen molar-refractivity contribution in [3.05, 3.63) is 46.1 Å². The van der Waals surface area contributed by atoms with E-state index in [1.54, 1.807) is 12.1 Å². The third kappa shape index (κ3) is 5.39. The zero-order valence-corrected chi connectivity index (χ0v) is 20.7. The number of benzene rings is 1. The van der Waals surface area contributed by atoms with Crippen molar-refractivity contribution < 1.29 is 18.0 Å². The summed E-state index contributed by atoms with van der Waals surface area (Å²) in [5, 5.41) is 4.07. The first-order chi connectivity index (χ1) is 16.6. The van der Waals surface area contributed by atoms with E-state index in [1.807, 2.05) is 12.1 Å². The Morgan fingerprint density at radius 1 is 1.20 bits per heavy atom. The normalized spacial score (nSPS) is 20.9. The Morgan fingerprint density at radius 3 is 2.74 bits per heavy atom. The smallest absolute Gasteiger partial charge is 0.355 e. The van der Waals surface area contributed by atoms with Crippen molar-refractivity contribution in [1.29, 1.82) is 0 Å². The molecule has 0 radical (unpaired) electrons. The van der Waals surface area contributed by atoms with Crippen LogP contribution in [-0.4, -0.2) is 53.1 Å². The van der Waals surface area contributed by atoms with Crippen LogP contribution in [-0.2, 0) is 17.8 Å². The molecule has 3 aromatic rings. The number of amides is 1. The highest BCUT2D eigenvalue weighted by Crippen LogP contribution is 2.43. The molecule has 2 fully saturated rings. The molecule has 0 bridgehead atoms. The van der Waals surface area contributed by atoms with Gasteiger partial charge < -0.3 is 10.2 Å². The zero-order chi connectivity index (χ0) is 24.8. The number of anilines is 2. The quantitative estimate of drug-likeness (QED) is 0.478. The topological polar surface area (TPSA) is 61.4 Å². The molecule has 1 N–H and O–H groups in total. The van der Waals surface area contributed by atoms with Crippen molar-refractivity contribution in [1.82, 2.24) is 14.9 Å². The maximum Gasteiger partial charge on any atom is 0.393 e. The second-order valence-electron chi connectivity index (χ2n) is 9.54. The average Bonchev–Trinajstić information content (AvgIpc) is 3.47. The van der Waals surface area contributed by atoms with Crippen molar-refractivity contribution in [2.24, 2.45) is 5.41 Å². The van der Waals surface area contributed by atoms with Gasteiger partial charge in [0.2, 0.25) is 5.91 Å². The minimum atomic E-state index is -4.24. The predicted molar refractivity (Wildman–Crippen MR) is 132 cm³/mol. The molecule has 1 spiro atoms. The first kappa shape index (κ1) is 24.3. The summed E-state index contributed by atoms with van der Waals surface area (Å²) in [7, 11) is 0. The number of fused-ring (bicyclic) bond motifs is 1. The summed E-state index contributed by atoms with van der Waals surface area (Å²) in [6, 6.07) is 7.18. The Hall–Kier alpha value is -2.43. The Bertz CT molecular complexity index is 1270. The third-order valence-electron chi connectivity index (χ3n) is 6.76. The number of thiophene rings is 1. The SMILES string of the molecule is CC(=O)Nc1ccc(CN2CCC3(CCN(c4ncnc5sc(CC(F)(F)F)cc45)C3)C2)c(Cl)c1. The minimum Gasteiger partial charge on any atom is -0.355 e. The number of nitrogens with one attached hydrogen (secondary N) is 1. The van der Waals surface area contributed by atoms with Gasteiger partial charge >= 0.3 is 6.18 Å². The molecular weight excluding hydrogens is 499 g/mol. The van der Waals surface area contributed by atoms with E-state index in [9.17, 15) is 18.0 Å². The lowest BCUT2D eigenvalue weighted by molar-refractivity contribution is -0.126. The fraction of sp³-hybridized carbons (Fsp3) is 0.458. The fourth-order valence-electron chi connectivity index (χ4n) is 5.24. The minimum absolute atomic E-state index is 0.116. The number of hydrogen-bond donors (Lipinski definition) is 1. The molecule has 1 atom stereocenters. The average molecular weight is 524 g/mol. The molecule has 5 rings (SSSR count). The van der Waals surface area contributed by atoms with E-state index < -0.39 is 12.6 Å². The number of likely N-dealkylation sites (tertiary alicyclic amines) is 1.